The number of fused-ring (bicyclic) bond motifs is 1. The predicted octanol–water partition coefficient (Wildman–Crippen LogP) is 1.05. The van der Waals surface area contributed by atoms with Crippen LogP contribution in [-0.2, 0) is 6.42 Å². The van der Waals surface area contributed by atoms with E-state index >= 15 is 0 Å². The Morgan fingerprint density at radius 3 is 3.25 bits per heavy atom. The van der Waals surface area contributed by atoms with Crippen molar-refractivity contribution in [3.05, 3.63) is 23.5 Å². The third-order valence-corrected chi connectivity index (χ3v) is 4.07. The number of nitrogens with one attached hydrogen (secondary N) is 1. The molecule has 16 heavy (non-hydrogen) atoms. The van der Waals surface area contributed by atoms with Crippen molar-refractivity contribution in [2.45, 2.75) is 24.8 Å². The van der Waals surface area contributed by atoms with Crippen molar-refractivity contribution in [3.8, 4) is 0 Å². The van der Waals surface area contributed by atoms with Gasteiger partial charge in [0.2, 0.25) is 0 Å². The van der Waals surface area contributed by atoms with Crippen molar-refractivity contribution in [2.24, 2.45) is 0 Å². The van der Waals surface area contributed by atoms with Crippen LogP contribution in [0.15, 0.2) is 17.8 Å². The third-order valence-electron chi connectivity index (χ3n) is 3.30. The fourth-order valence-electron chi connectivity index (χ4n) is 2.42. The van der Waals surface area contributed by atoms with Crippen LogP contribution in [0.2, 0.25) is 0 Å². The van der Waals surface area contributed by atoms with E-state index in [0.29, 0.717) is 0 Å². The first-order chi connectivity index (χ1) is 7.81. The molecule has 0 bridgehead atoms. The topological polar surface area (TPSA) is 49.6 Å². The van der Waals surface area contributed by atoms with E-state index in [1.165, 1.54) is 0 Å². The van der Waals surface area contributed by atoms with Crippen LogP contribution in [0.3, 0.4) is 0 Å². The zero-order chi connectivity index (χ0) is 11.0. The molecule has 2 aromatic rings. The number of nitrogens with zero attached hydrogens (tertiary/aromatic N) is 2. The molecule has 4 nitrogen and oxygen atoms in total. The van der Waals surface area contributed by atoms with Gasteiger partial charge in [-0.2, -0.15) is 0 Å². The van der Waals surface area contributed by atoms with Gasteiger partial charge in [0.15, 0.2) is 4.96 Å². The molecule has 0 radical (unpaired) electrons. The molecule has 0 spiro atoms. The molecule has 1 atom stereocenters. The zero-order valence-corrected chi connectivity index (χ0v) is 9.83. The van der Waals surface area contributed by atoms with Crippen LogP contribution < -0.4 is 5.32 Å². The summed E-state index contributed by atoms with van der Waals surface area (Å²) in [6.07, 6.45) is 7.07. The van der Waals surface area contributed by atoms with E-state index in [2.05, 4.69) is 16.5 Å². The molecule has 0 saturated carbocycles. The fraction of sp³-hybridized carbons (Fsp3) is 0.545. The normalized spacial score (nSPS) is 25.6. The van der Waals surface area contributed by atoms with Crippen LogP contribution in [-0.4, -0.2) is 33.2 Å². The van der Waals surface area contributed by atoms with Crippen LogP contribution in [0.25, 0.3) is 4.96 Å². The summed E-state index contributed by atoms with van der Waals surface area (Å²) in [6, 6.07) is 0. The number of imidazole rings is 1. The number of thiazole rings is 1. The van der Waals surface area contributed by atoms with Gasteiger partial charge in [-0.3, -0.25) is 4.40 Å². The Balaban J connectivity index is 1.85. The highest BCUT2D eigenvalue weighted by Crippen LogP contribution is 2.24. The lowest BCUT2D eigenvalue weighted by atomic mass is 9.93. The molecule has 3 heterocycles. The monoisotopic (exact) mass is 237 g/mol. The quantitative estimate of drug-likeness (QED) is 0.839. The third kappa shape index (κ3) is 1.65. The average Bonchev–Trinajstić information content (AvgIpc) is 2.93. The lowest BCUT2D eigenvalue weighted by Gasteiger charge is -2.25. The Morgan fingerprint density at radius 2 is 2.56 bits per heavy atom. The van der Waals surface area contributed by atoms with Crippen molar-refractivity contribution < 1.29 is 5.11 Å². The van der Waals surface area contributed by atoms with E-state index in [0.717, 1.165) is 36.5 Å². The Hall–Kier alpha value is -0.910. The molecule has 0 aliphatic carbocycles. The number of aliphatic hydroxyl groups is 1. The summed E-state index contributed by atoms with van der Waals surface area (Å²) in [4.78, 5) is 5.59. The van der Waals surface area contributed by atoms with Crippen LogP contribution in [0.1, 0.15) is 18.5 Å². The molecule has 1 aliphatic rings. The highest BCUT2D eigenvalue weighted by Gasteiger charge is 2.33. The maximum Gasteiger partial charge on any atom is 0.193 e. The van der Waals surface area contributed by atoms with Gasteiger partial charge in [-0.05, 0) is 19.4 Å². The molecular weight excluding hydrogens is 222 g/mol. The predicted molar refractivity (Wildman–Crippen MR) is 63.8 cm³/mol. The van der Waals surface area contributed by atoms with Gasteiger partial charge in [0.25, 0.3) is 0 Å². The molecule has 86 valence electrons. The lowest BCUT2D eigenvalue weighted by molar-refractivity contribution is 0.176. The molecule has 1 aliphatic heterocycles. The second kappa shape index (κ2) is 3.84. The Kier molecular flexibility index (Phi) is 2.46. The maximum absolute atomic E-state index is 9.51. The number of rotatable bonds is 3. The molecule has 0 amide bonds. The summed E-state index contributed by atoms with van der Waals surface area (Å²) < 4.78 is 2.04. The van der Waals surface area contributed by atoms with Gasteiger partial charge in [-0.1, -0.05) is 0 Å². The second-order valence-electron chi connectivity index (χ2n) is 4.47. The van der Waals surface area contributed by atoms with Gasteiger partial charge in [0.1, 0.15) is 0 Å². The summed E-state index contributed by atoms with van der Waals surface area (Å²) in [5.41, 5.74) is 0.930. The molecule has 2 aromatic heterocycles. The first kappa shape index (κ1) is 10.3. The van der Waals surface area contributed by atoms with Crippen molar-refractivity contribution in [2.75, 3.05) is 13.2 Å². The van der Waals surface area contributed by atoms with Crippen molar-refractivity contribution in [1.29, 1.82) is 0 Å². The van der Waals surface area contributed by atoms with Crippen molar-refractivity contribution in [3.63, 3.8) is 0 Å². The molecule has 2 N–H and O–H groups in total. The Bertz CT molecular complexity index is 456. The number of aromatic nitrogens is 2. The van der Waals surface area contributed by atoms with E-state index in [9.17, 15) is 5.11 Å². The smallest absolute Gasteiger partial charge is 0.193 e. The second-order valence-corrected chi connectivity index (χ2v) is 5.34. The SMILES string of the molecule is OCC1(Cc2cn3ccsc3n2)CCCN1. The first-order valence-electron chi connectivity index (χ1n) is 5.58. The first-order valence-corrected chi connectivity index (χ1v) is 6.46. The summed E-state index contributed by atoms with van der Waals surface area (Å²) in [6.45, 7) is 1.20. The Labute approximate surface area is 97.9 Å². The lowest BCUT2D eigenvalue weighted by Crippen LogP contribution is -2.45. The van der Waals surface area contributed by atoms with Crippen LogP contribution in [0, 0.1) is 0 Å². The van der Waals surface area contributed by atoms with E-state index in [-0.39, 0.29) is 12.1 Å². The molecule has 1 saturated heterocycles. The van der Waals surface area contributed by atoms with Gasteiger partial charge in [0.05, 0.1) is 12.3 Å². The van der Waals surface area contributed by atoms with Gasteiger partial charge < -0.3 is 10.4 Å². The highest BCUT2D eigenvalue weighted by molar-refractivity contribution is 7.15. The minimum absolute atomic E-state index is 0.135. The van der Waals surface area contributed by atoms with Gasteiger partial charge in [0, 0.05) is 29.7 Å². The molecule has 3 rings (SSSR count). The van der Waals surface area contributed by atoms with E-state index in [1.807, 2.05) is 16.0 Å². The molecule has 0 aromatic carbocycles. The molecular formula is C11H15N3OS. The van der Waals surface area contributed by atoms with E-state index in [1.54, 1.807) is 11.3 Å². The van der Waals surface area contributed by atoms with Crippen LogP contribution >= 0.6 is 11.3 Å². The van der Waals surface area contributed by atoms with Crippen molar-refractivity contribution in [1.82, 2.24) is 14.7 Å². The number of hydrogen-bond acceptors (Lipinski definition) is 4. The van der Waals surface area contributed by atoms with Gasteiger partial charge in [-0.25, -0.2) is 4.98 Å². The Morgan fingerprint density at radius 1 is 1.62 bits per heavy atom. The molecule has 5 heteroatoms. The number of aliphatic hydroxyl groups excluding tert-OH is 1. The summed E-state index contributed by atoms with van der Waals surface area (Å²) >= 11 is 1.64. The van der Waals surface area contributed by atoms with E-state index < -0.39 is 0 Å². The molecule has 1 unspecified atom stereocenters. The average molecular weight is 237 g/mol. The minimum Gasteiger partial charge on any atom is -0.394 e. The highest BCUT2D eigenvalue weighted by atomic mass is 32.1. The summed E-state index contributed by atoms with van der Waals surface area (Å²) in [5.74, 6) is 0. The fourth-order valence-corrected chi connectivity index (χ4v) is 3.14. The standard InChI is InChI=1S/C11H15N3OS/c15-8-11(2-1-3-12-11)6-9-7-14-4-5-16-10(14)13-9/h4-5,7,12,15H,1-3,6,8H2. The largest absolute Gasteiger partial charge is 0.394 e. The van der Waals surface area contributed by atoms with Gasteiger partial charge in [-0.15, -0.1) is 11.3 Å². The molecule has 1 fully saturated rings. The van der Waals surface area contributed by atoms with Crippen LogP contribution in [0.5, 0.6) is 0 Å². The zero-order valence-electron chi connectivity index (χ0n) is 9.02. The van der Waals surface area contributed by atoms with Crippen LogP contribution in [0.4, 0.5) is 0 Å². The maximum atomic E-state index is 9.51. The summed E-state index contributed by atoms with van der Waals surface area (Å²) in [5, 5.41) is 14.9. The minimum atomic E-state index is -0.135. The van der Waals surface area contributed by atoms with E-state index in [4.69, 9.17) is 0 Å². The summed E-state index contributed by atoms with van der Waals surface area (Å²) in [7, 11) is 0. The number of hydrogen-bond donors (Lipinski definition) is 2. The van der Waals surface area contributed by atoms with Gasteiger partial charge >= 0.3 is 0 Å². The van der Waals surface area contributed by atoms with Crippen molar-refractivity contribution >= 4 is 16.3 Å².